The maximum atomic E-state index is 12.0. The molecule has 0 heterocycles. The van der Waals surface area contributed by atoms with Gasteiger partial charge in [0.1, 0.15) is 18.1 Å². The van der Waals surface area contributed by atoms with Crippen LogP contribution in [0.4, 0.5) is 0 Å². The van der Waals surface area contributed by atoms with E-state index in [2.05, 4.69) is 22.4 Å². The molecule has 0 spiro atoms. The first-order valence-electron chi connectivity index (χ1n) is 8.21. The van der Waals surface area contributed by atoms with Crippen molar-refractivity contribution >= 4 is 18.0 Å². The molecule has 7 nitrogen and oxygen atoms in total. The molecule has 2 amide bonds. The third-order valence-corrected chi connectivity index (χ3v) is 3.43. The summed E-state index contributed by atoms with van der Waals surface area (Å²) in [6.45, 7) is 3.77. The van der Waals surface area contributed by atoms with Gasteiger partial charge in [-0.3, -0.25) is 9.59 Å². The van der Waals surface area contributed by atoms with Gasteiger partial charge < -0.3 is 14.8 Å². The van der Waals surface area contributed by atoms with Crippen LogP contribution in [0.5, 0.6) is 11.5 Å². The van der Waals surface area contributed by atoms with Crippen LogP contribution in [-0.4, -0.2) is 38.3 Å². The molecule has 7 heteroatoms. The Labute approximate surface area is 157 Å². The minimum Gasteiger partial charge on any atom is -0.497 e. The molecule has 0 atom stereocenters. The topological polar surface area (TPSA) is 89.0 Å². The SMILES string of the molecule is C=CCOc1ccccc1/C=N\NC(=O)CNC(=O)c1ccc(OC)cc1. The zero-order chi connectivity index (χ0) is 19.5. The summed E-state index contributed by atoms with van der Waals surface area (Å²) in [4.78, 5) is 23.8. The lowest BCUT2D eigenvalue weighted by Gasteiger charge is -2.07. The van der Waals surface area contributed by atoms with Crippen molar-refractivity contribution in [3.05, 3.63) is 72.3 Å². The third kappa shape index (κ3) is 6.32. The molecule has 2 aromatic rings. The molecule has 0 aliphatic carbocycles. The number of amides is 2. The molecule has 0 saturated carbocycles. The van der Waals surface area contributed by atoms with Gasteiger partial charge in [0.2, 0.25) is 0 Å². The monoisotopic (exact) mass is 367 g/mol. The van der Waals surface area contributed by atoms with Gasteiger partial charge >= 0.3 is 0 Å². The maximum absolute atomic E-state index is 12.0. The van der Waals surface area contributed by atoms with E-state index in [1.807, 2.05) is 12.1 Å². The second-order valence-corrected chi connectivity index (χ2v) is 5.34. The number of para-hydroxylation sites is 1. The molecule has 0 saturated heterocycles. The van der Waals surface area contributed by atoms with Gasteiger partial charge in [-0.15, -0.1) is 0 Å². The average molecular weight is 367 g/mol. The second-order valence-electron chi connectivity index (χ2n) is 5.34. The molecular weight excluding hydrogens is 346 g/mol. The summed E-state index contributed by atoms with van der Waals surface area (Å²) in [7, 11) is 1.55. The number of carbonyl (C=O) groups is 2. The Morgan fingerprint density at radius 3 is 2.59 bits per heavy atom. The summed E-state index contributed by atoms with van der Waals surface area (Å²) in [5.41, 5.74) is 3.50. The number of benzene rings is 2. The fraction of sp³-hybridized carbons (Fsp3) is 0.150. The molecule has 2 rings (SSSR count). The predicted molar refractivity (Wildman–Crippen MR) is 103 cm³/mol. The highest BCUT2D eigenvalue weighted by molar-refractivity contribution is 5.96. The first-order valence-corrected chi connectivity index (χ1v) is 8.21. The second kappa shape index (κ2) is 10.4. The largest absolute Gasteiger partial charge is 0.497 e. The lowest BCUT2D eigenvalue weighted by Crippen LogP contribution is -2.34. The zero-order valence-corrected chi connectivity index (χ0v) is 15.0. The van der Waals surface area contributed by atoms with E-state index in [0.29, 0.717) is 29.2 Å². The first-order chi connectivity index (χ1) is 13.1. The smallest absolute Gasteiger partial charge is 0.259 e. The molecule has 0 unspecified atom stereocenters. The van der Waals surface area contributed by atoms with E-state index < -0.39 is 5.91 Å². The predicted octanol–water partition coefficient (Wildman–Crippen LogP) is 2.14. The molecule has 0 aliphatic heterocycles. The summed E-state index contributed by atoms with van der Waals surface area (Å²) in [5.74, 6) is 0.469. The van der Waals surface area contributed by atoms with Gasteiger partial charge in [-0.1, -0.05) is 24.8 Å². The molecule has 2 aromatic carbocycles. The normalized spacial score (nSPS) is 10.3. The van der Waals surface area contributed by atoms with Crippen molar-refractivity contribution in [3.63, 3.8) is 0 Å². The fourth-order valence-corrected chi connectivity index (χ4v) is 2.09. The van der Waals surface area contributed by atoms with E-state index in [9.17, 15) is 9.59 Å². The van der Waals surface area contributed by atoms with Crippen molar-refractivity contribution in [3.8, 4) is 11.5 Å². The highest BCUT2D eigenvalue weighted by Crippen LogP contribution is 2.15. The standard InChI is InChI=1S/C20H21N3O4/c1-3-12-27-18-7-5-4-6-16(18)13-22-23-19(24)14-21-20(25)15-8-10-17(26-2)11-9-15/h3-11,13H,1,12,14H2,2H3,(H,21,25)(H,23,24)/b22-13-. The quantitative estimate of drug-likeness (QED) is 0.404. The van der Waals surface area contributed by atoms with Crippen molar-refractivity contribution in [2.24, 2.45) is 5.10 Å². The van der Waals surface area contributed by atoms with Crippen LogP contribution in [0.2, 0.25) is 0 Å². The Hall–Kier alpha value is -3.61. The number of methoxy groups -OCH3 is 1. The summed E-state index contributed by atoms with van der Waals surface area (Å²) >= 11 is 0. The van der Waals surface area contributed by atoms with Crippen molar-refractivity contribution in [1.82, 2.24) is 10.7 Å². The van der Waals surface area contributed by atoms with Crippen LogP contribution in [-0.2, 0) is 4.79 Å². The Morgan fingerprint density at radius 2 is 1.89 bits per heavy atom. The van der Waals surface area contributed by atoms with E-state index in [-0.39, 0.29) is 12.5 Å². The lowest BCUT2D eigenvalue weighted by atomic mass is 10.2. The van der Waals surface area contributed by atoms with E-state index in [1.165, 1.54) is 6.21 Å². The number of nitrogens with one attached hydrogen (secondary N) is 2. The van der Waals surface area contributed by atoms with Gasteiger partial charge in [-0.05, 0) is 36.4 Å². The molecule has 27 heavy (non-hydrogen) atoms. The number of carbonyl (C=O) groups excluding carboxylic acids is 2. The number of hydrogen-bond acceptors (Lipinski definition) is 5. The Balaban J connectivity index is 1.82. The lowest BCUT2D eigenvalue weighted by molar-refractivity contribution is -0.120. The summed E-state index contributed by atoms with van der Waals surface area (Å²) in [6.07, 6.45) is 3.11. The molecule has 0 bridgehead atoms. The number of rotatable bonds is 9. The number of hydrazone groups is 1. The summed E-state index contributed by atoms with van der Waals surface area (Å²) < 4.78 is 10.5. The van der Waals surface area contributed by atoms with Crippen LogP contribution >= 0.6 is 0 Å². The zero-order valence-electron chi connectivity index (χ0n) is 15.0. The highest BCUT2D eigenvalue weighted by atomic mass is 16.5. The van der Waals surface area contributed by atoms with E-state index in [0.717, 1.165) is 0 Å². The van der Waals surface area contributed by atoms with Gasteiger partial charge in [0.15, 0.2) is 0 Å². The van der Waals surface area contributed by atoms with Gasteiger partial charge in [0.25, 0.3) is 11.8 Å². The Morgan fingerprint density at radius 1 is 1.15 bits per heavy atom. The van der Waals surface area contributed by atoms with Crippen molar-refractivity contribution in [2.75, 3.05) is 20.3 Å². The molecule has 140 valence electrons. The van der Waals surface area contributed by atoms with E-state index >= 15 is 0 Å². The number of ether oxygens (including phenoxy) is 2. The molecule has 0 fully saturated rings. The van der Waals surface area contributed by atoms with Gasteiger partial charge in [-0.2, -0.15) is 5.10 Å². The molecule has 0 aliphatic rings. The van der Waals surface area contributed by atoms with Gasteiger partial charge in [0.05, 0.1) is 19.9 Å². The van der Waals surface area contributed by atoms with Gasteiger partial charge in [0, 0.05) is 11.1 Å². The summed E-state index contributed by atoms with van der Waals surface area (Å²) in [6, 6.07) is 13.8. The van der Waals surface area contributed by atoms with Crippen molar-refractivity contribution in [1.29, 1.82) is 0 Å². The molecular formula is C20H21N3O4. The Bertz CT molecular complexity index is 816. The Kier molecular flexibility index (Phi) is 7.59. The average Bonchev–Trinajstić information content (AvgIpc) is 2.71. The summed E-state index contributed by atoms with van der Waals surface area (Å²) in [5, 5.41) is 6.41. The van der Waals surface area contributed by atoms with Crippen molar-refractivity contribution in [2.45, 2.75) is 0 Å². The van der Waals surface area contributed by atoms with Crippen molar-refractivity contribution < 1.29 is 19.1 Å². The molecule has 0 radical (unpaired) electrons. The van der Waals surface area contributed by atoms with E-state index in [4.69, 9.17) is 9.47 Å². The van der Waals surface area contributed by atoms with Gasteiger partial charge in [-0.25, -0.2) is 5.43 Å². The highest BCUT2D eigenvalue weighted by Gasteiger charge is 2.07. The first kappa shape index (κ1) is 19.7. The molecule has 2 N–H and O–H groups in total. The maximum Gasteiger partial charge on any atom is 0.259 e. The van der Waals surface area contributed by atoms with E-state index in [1.54, 1.807) is 49.6 Å². The van der Waals surface area contributed by atoms with Crippen LogP contribution in [0.15, 0.2) is 66.3 Å². The third-order valence-electron chi connectivity index (χ3n) is 3.43. The fourth-order valence-electron chi connectivity index (χ4n) is 2.09. The minimum absolute atomic E-state index is 0.198. The van der Waals surface area contributed by atoms with Crippen LogP contribution < -0.4 is 20.2 Å². The van der Waals surface area contributed by atoms with Crippen LogP contribution in [0.3, 0.4) is 0 Å². The van der Waals surface area contributed by atoms with Crippen LogP contribution in [0.1, 0.15) is 15.9 Å². The number of hydrogen-bond donors (Lipinski definition) is 2. The minimum atomic E-state index is -0.447. The molecule has 0 aromatic heterocycles. The number of nitrogens with zero attached hydrogens (tertiary/aromatic N) is 1. The van der Waals surface area contributed by atoms with Crippen LogP contribution in [0, 0.1) is 0 Å². The van der Waals surface area contributed by atoms with Crippen LogP contribution in [0.25, 0.3) is 0 Å².